The number of aromatic nitrogens is 2. The first-order valence-electron chi connectivity index (χ1n) is 7.00. The molecule has 0 bridgehead atoms. The van der Waals surface area contributed by atoms with Gasteiger partial charge < -0.3 is 10.2 Å². The van der Waals surface area contributed by atoms with Crippen LogP contribution in [0.5, 0.6) is 0 Å². The minimum Gasteiger partial charge on any atom is -0.354 e. The molecule has 1 aromatic heterocycles. The smallest absolute Gasteiger partial charge is 0.131 e. The number of hydrogen-bond donors (Lipinski definition) is 1. The Morgan fingerprint density at radius 2 is 2.11 bits per heavy atom. The molecule has 0 aliphatic carbocycles. The highest BCUT2D eigenvalue weighted by molar-refractivity contribution is 5.51. The first-order valence-corrected chi connectivity index (χ1v) is 7.00. The van der Waals surface area contributed by atoms with E-state index in [1.165, 1.54) is 24.2 Å². The average molecular weight is 250 g/mol. The molecule has 1 aliphatic rings. The Labute approximate surface area is 110 Å². The molecule has 1 N–H and O–H groups in total. The lowest BCUT2D eigenvalue weighted by Gasteiger charge is -2.39. The Bertz CT molecular complexity index is 410. The zero-order valence-corrected chi connectivity index (χ0v) is 12.3. The summed E-state index contributed by atoms with van der Waals surface area (Å²) in [5.41, 5.74) is 2.49. The van der Waals surface area contributed by atoms with Gasteiger partial charge in [0.15, 0.2) is 0 Å². The lowest BCUT2D eigenvalue weighted by atomic mass is 9.92. The topological polar surface area (TPSA) is 33.1 Å². The van der Waals surface area contributed by atoms with E-state index in [-0.39, 0.29) is 0 Å². The first-order chi connectivity index (χ1) is 8.56. The Morgan fingerprint density at radius 1 is 1.39 bits per heavy atom. The number of nitrogens with one attached hydrogen (secondary N) is 1. The molecular formula is C14H26N4. The van der Waals surface area contributed by atoms with Crippen molar-refractivity contribution < 1.29 is 0 Å². The maximum absolute atomic E-state index is 4.60. The van der Waals surface area contributed by atoms with E-state index < -0.39 is 0 Å². The summed E-state index contributed by atoms with van der Waals surface area (Å²) < 4.78 is 2.05. The predicted octanol–water partition coefficient (Wildman–Crippen LogP) is 2.07. The summed E-state index contributed by atoms with van der Waals surface area (Å²) in [6.07, 6.45) is 2.63. The van der Waals surface area contributed by atoms with Gasteiger partial charge in [-0.15, -0.1) is 0 Å². The second-order valence-corrected chi connectivity index (χ2v) is 5.60. The van der Waals surface area contributed by atoms with Crippen molar-refractivity contribution in [3.8, 4) is 0 Å². The van der Waals surface area contributed by atoms with Crippen molar-refractivity contribution in [2.24, 2.45) is 13.0 Å². The van der Waals surface area contributed by atoms with E-state index in [0.29, 0.717) is 6.04 Å². The minimum absolute atomic E-state index is 0.601. The molecule has 1 aliphatic heterocycles. The average Bonchev–Trinajstić information content (AvgIpc) is 2.59. The molecule has 0 spiro atoms. The molecule has 2 unspecified atom stereocenters. The van der Waals surface area contributed by atoms with Gasteiger partial charge in [-0.2, -0.15) is 5.10 Å². The van der Waals surface area contributed by atoms with Crippen molar-refractivity contribution >= 4 is 5.82 Å². The van der Waals surface area contributed by atoms with Gasteiger partial charge in [0.1, 0.15) is 5.82 Å². The third-order valence-corrected chi connectivity index (χ3v) is 4.31. The molecule has 4 heteroatoms. The van der Waals surface area contributed by atoms with Crippen LogP contribution in [0.2, 0.25) is 0 Å². The molecule has 2 rings (SSSR count). The SMILES string of the molecule is CNCc1c(C)nn(C)c1N1CCCC(C)C1C. The normalized spacial score (nSPS) is 24.6. The molecule has 0 radical (unpaired) electrons. The van der Waals surface area contributed by atoms with Crippen LogP contribution in [-0.2, 0) is 13.6 Å². The van der Waals surface area contributed by atoms with Gasteiger partial charge in [0, 0.05) is 31.7 Å². The summed E-state index contributed by atoms with van der Waals surface area (Å²) in [6, 6.07) is 0.601. The van der Waals surface area contributed by atoms with Crippen molar-refractivity contribution in [1.29, 1.82) is 0 Å². The maximum atomic E-state index is 4.60. The third kappa shape index (κ3) is 2.26. The van der Waals surface area contributed by atoms with E-state index >= 15 is 0 Å². The van der Waals surface area contributed by atoms with E-state index in [1.807, 2.05) is 7.05 Å². The Balaban J connectivity index is 2.36. The minimum atomic E-state index is 0.601. The summed E-state index contributed by atoms with van der Waals surface area (Å²) in [4.78, 5) is 2.54. The van der Waals surface area contributed by atoms with Crippen LogP contribution in [0.4, 0.5) is 5.82 Å². The molecule has 102 valence electrons. The fraction of sp³-hybridized carbons (Fsp3) is 0.786. The molecule has 0 aromatic carbocycles. The molecule has 4 nitrogen and oxygen atoms in total. The van der Waals surface area contributed by atoms with Crippen LogP contribution in [0.15, 0.2) is 0 Å². The molecule has 1 fully saturated rings. The molecule has 1 saturated heterocycles. The maximum Gasteiger partial charge on any atom is 0.131 e. The van der Waals surface area contributed by atoms with Crippen LogP contribution in [0.25, 0.3) is 0 Å². The highest BCUT2D eigenvalue weighted by Gasteiger charge is 2.29. The van der Waals surface area contributed by atoms with Gasteiger partial charge in [0.05, 0.1) is 5.69 Å². The number of anilines is 1. The monoisotopic (exact) mass is 250 g/mol. The van der Waals surface area contributed by atoms with E-state index in [9.17, 15) is 0 Å². The fourth-order valence-electron chi connectivity index (χ4n) is 3.07. The summed E-state index contributed by atoms with van der Waals surface area (Å²) in [7, 11) is 4.06. The summed E-state index contributed by atoms with van der Waals surface area (Å²) >= 11 is 0. The van der Waals surface area contributed by atoms with Gasteiger partial charge in [-0.3, -0.25) is 4.68 Å². The number of piperidine rings is 1. The molecule has 2 heterocycles. The van der Waals surface area contributed by atoms with Gasteiger partial charge in [0.2, 0.25) is 0 Å². The van der Waals surface area contributed by atoms with Crippen molar-refractivity contribution in [3.63, 3.8) is 0 Å². The quantitative estimate of drug-likeness (QED) is 0.891. The largest absolute Gasteiger partial charge is 0.354 e. The zero-order valence-electron chi connectivity index (χ0n) is 12.3. The number of hydrogen-bond acceptors (Lipinski definition) is 3. The molecule has 1 aromatic rings. The standard InChI is InChI=1S/C14H26N4/c1-10-7-6-8-18(12(10)3)14-13(9-15-4)11(2)16-17(14)5/h10,12,15H,6-9H2,1-5H3. The van der Waals surface area contributed by atoms with Crippen LogP contribution < -0.4 is 10.2 Å². The van der Waals surface area contributed by atoms with Crippen LogP contribution in [0, 0.1) is 12.8 Å². The Kier molecular flexibility index (Phi) is 3.95. The van der Waals surface area contributed by atoms with Crippen molar-refractivity contribution in [3.05, 3.63) is 11.3 Å². The van der Waals surface area contributed by atoms with Gasteiger partial charge in [-0.25, -0.2) is 0 Å². The van der Waals surface area contributed by atoms with Crippen LogP contribution in [0.1, 0.15) is 37.9 Å². The van der Waals surface area contributed by atoms with Crippen LogP contribution in [0.3, 0.4) is 0 Å². The molecule has 2 atom stereocenters. The second-order valence-electron chi connectivity index (χ2n) is 5.60. The number of nitrogens with zero attached hydrogens (tertiary/aromatic N) is 3. The molecular weight excluding hydrogens is 224 g/mol. The summed E-state index contributed by atoms with van der Waals surface area (Å²) in [6.45, 7) is 8.86. The van der Waals surface area contributed by atoms with Crippen LogP contribution >= 0.6 is 0 Å². The predicted molar refractivity (Wildman–Crippen MR) is 75.9 cm³/mol. The molecule has 0 saturated carbocycles. The first kappa shape index (κ1) is 13.4. The molecule has 0 amide bonds. The van der Waals surface area contributed by atoms with Gasteiger partial charge in [-0.1, -0.05) is 6.92 Å². The Morgan fingerprint density at radius 3 is 2.78 bits per heavy atom. The highest BCUT2D eigenvalue weighted by Crippen LogP contribution is 2.31. The van der Waals surface area contributed by atoms with E-state index in [4.69, 9.17) is 0 Å². The van der Waals surface area contributed by atoms with Crippen LogP contribution in [-0.4, -0.2) is 29.4 Å². The van der Waals surface area contributed by atoms with E-state index in [1.54, 1.807) is 0 Å². The van der Waals surface area contributed by atoms with Gasteiger partial charge >= 0.3 is 0 Å². The van der Waals surface area contributed by atoms with E-state index in [2.05, 4.69) is 47.8 Å². The number of rotatable bonds is 3. The van der Waals surface area contributed by atoms with Crippen molar-refractivity contribution in [2.75, 3.05) is 18.5 Å². The summed E-state index contributed by atoms with van der Waals surface area (Å²) in [5, 5.41) is 7.86. The number of aryl methyl sites for hydroxylation is 2. The van der Waals surface area contributed by atoms with Crippen molar-refractivity contribution in [1.82, 2.24) is 15.1 Å². The van der Waals surface area contributed by atoms with Gasteiger partial charge in [-0.05, 0) is 39.7 Å². The second kappa shape index (κ2) is 5.31. The lowest BCUT2D eigenvalue weighted by molar-refractivity contribution is 0.358. The summed E-state index contributed by atoms with van der Waals surface area (Å²) in [5.74, 6) is 2.07. The van der Waals surface area contributed by atoms with E-state index in [0.717, 1.165) is 24.7 Å². The Hall–Kier alpha value is -1.03. The lowest BCUT2D eigenvalue weighted by Crippen LogP contribution is -2.44. The molecule has 18 heavy (non-hydrogen) atoms. The highest BCUT2D eigenvalue weighted by atomic mass is 15.4. The van der Waals surface area contributed by atoms with Gasteiger partial charge in [0.25, 0.3) is 0 Å². The fourth-order valence-corrected chi connectivity index (χ4v) is 3.07. The zero-order chi connectivity index (χ0) is 13.3. The van der Waals surface area contributed by atoms with Crippen molar-refractivity contribution in [2.45, 2.75) is 46.2 Å². The third-order valence-electron chi connectivity index (χ3n) is 4.31.